The SMILES string of the molecule is CC(C)(C)N(Cc1ccccc1)C(=O)COC(=O)c1ccc(N2CCCC2=O)cc1. The highest BCUT2D eigenvalue weighted by Gasteiger charge is 2.27. The number of anilines is 1. The van der Waals surface area contributed by atoms with Gasteiger partial charge in [0.15, 0.2) is 6.61 Å². The Bertz CT molecular complexity index is 901. The summed E-state index contributed by atoms with van der Waals surface area (Å²) in [5, 5.41) is 0. The van der Waals surface area contributed by atoms with Crippen LogP contribution in [-0.2, 0) is 20.9 Å². The highest BCUT2D eigenvalue weighted by atomic mass is 16.5. The van der Waals surface area contributed by atoms with Gasteiger partial charge in [0.2, 0.25) is 5.91 Å². The van der Waals surface area contributed by atoms with Crippen molar-refractivity contribution in [1.82, 2.24) is 4.90 Å². The van der Waals surface area contributed by atoms with Crippen molar-refractivity contribution in [1.29, 1.82) is 0 Å². The monoisotopic (exact) mass is 408 g/mol. The second-order valence-electron chi connectivity index (χ2n) is 8.41. The van der Waals surface area contributed by atoms with Crippen LogP contribution in [0.25, 0.3) is 0 Å². The number of carbonyl (C=O) groups is 3. The van der Waals surface area contributed by atoms with Crippen LogP contribution in [0.4, 0.5) is 5.69 Å². The zero-order chi connectivity index (χ0) is 21.7. The topological polar surface area (TPSA) is 66.9 Å². The molecule has 1 fully saturated rings. The molecule has 1 aliphatic rings. The van der Waals surface area contributed by atoms with Crippen LogP contribution >= 0.6 is 0 Å². The lowest BCUT2D eigenvalue weighted by atomic mass is 10.0. The summed E-state index contributed by atoms with van der Waals surface area (Å²) in [6.07, 6.45) is 1.40. The summed E-state index contributed by atoms with van der Waals surface area (Å²) in [7, 11) is 0. The van der Waals surface area contributed by atoms with Gasteiger partial charge in [0.05, 0.1) is 5.56 Å². The summed E-state index contributed by atoms with van der Waals surface area (Å²) >= 11 is 0. The molecule has 0 bridgehead atoms. The minimum absolute atomic E-state index is 0.0941. The molecule has 1 saturated heterocycles. The number of benzene rings is 2. The number of rotatable bonds is 6. The van der Waals surface area contributed by atoms with Gasteiger partial charge in [0.25, 0.3) is 5.91 Å². The van der Waals surface area contributed by atoms with Gasteiger partial charge in [0.1, 0.15) is 0 Å². The van der Waals surface area contributed by atoms with Crippen LogP contribution in [0, 0.1) is 0 Å². The molecule has 30 heavy (non-hydrogen) atoms. The van der Waals surface area contributed by atoms with Crippen LogP contribution < -0.4 is 4.90 Å². The third-order valence-corrected chi connectivity index (χ3v) is 5.11. The average molecular weight is 408 g/mol. The van der Waals surface area contributed by atoms with Crippen molar-refractivity contribution in [3.8, 4) is 0 Å². The van der Waals surface area contributed by atoms with E-state index in [-0.39, 0.29) is 18.4 Å². The van der Waals surface area contributed by atoms with E-state index in [1.807, 2.05) is 51.1 Å². The molecular weight excluding hydrogens is 380 g/mol. The number of ether oxygens (including phenoxy) is 1. The fourth-order valence-corrected chi connectivity index (χ4v) is 3.45. The third-order valence-electron chi connectivity index (χ3n) is 5.11. The number of amides is 2. The van der Waals surface area contributed by atoms with E-state index >= 15 is 0 Å². The van der Waals surface area contributed by atoms with Gasteiger partial charge in [-0.25, -0.2) is 4.79 Å². The van der Waals surface area contributed by atoms with Crippen molar-refractivity contribution in [2.45, 2.75) is 45.7 Å². The zero-order valence-electron chi connectivity index (χ0n) is 17.8. The van der Waals surface area contributed by atoms with Gasteiger partial charge >= 0.3 is 5.97 Å². The van der Waals surface area contributed by atoms with E-state index in [2.05, 4.69) is 0 Å². The van der Waals surface area contributed by atoms with Crippen LogP contribution in [0.15, 0.2) is 54.6 Å². The second kappa shape index (κ2) is 9.11. The maximum absolute atomic E-state index is 12.8. The van der Waals surface area contributed by atoms with Crippen molar-refractivity contribution >= 4 is 23.5 Å². The fourth-order valence-electron chi connectivity index (χ4n) is 3.45. The summed E-state index contributed by atoms with van der Waals surface area (Å²) in [5.74, 6) is -0.716. The standard InChI is InChI=1S/C24H28N2O4/c1-24(2,3)26(16-18-8-5-4-6-9-18)22(28)17-30-23(29)19-11-13-20(14-12-19)25-15-7-10-21(25)27/h4-6,8-9,11-14H,7,10,15-17H2,1-3H3. The first-order valence-electron chi connectivity index (χ1n) is 10.2. The van der Waals surface area contributed by atoms with Gasteiger partial charge in [0, 0.05) is 30.7 Å². The molecule has 1 aliphatic heterocycles. The maximum atomic E-state index is 12.8. The first-order chi connectivity index (χ1) is 14.3. The van der Waals surface area contributed by atoms with Crippen LogP contribution in [0.1, 0.15) is 49.5 Å². The van der Waals surface area contributed by atoms with Crippen LogP contribution in [-0.4, -0.2) is 41.4 Å². The van der Waals surface area contributed by atoms with Gasteiger partial charge in [-0.05, 0) is 57.0 Å². The molecule has 0 spiro atoms. The minimum Gasteiger partial charge on any atom is -0.452 e. The van der Waals surface area contributed by atoms with E-state index in [0.717, 1.165) is 17.7 Å². The Morgan fingerprint density at radius 1 is 1.03 bits per heavy atom. The molecule has 0 aliphatic carbocycles. The molecular formula is C24H28N2O4. The van der Waals surface area contributed by atoms with Gasteiger partial charge in [-0.2, -0.15) is 0 Å². The van der Waals surface area contributed by atoms with E-state index in [1.165, 1.54) is 0 Å². The Hall–Kier alpha value is -3.15. The maximum Gasteiger partial charge on any atom is 0.338 e. The highest BCUT2D eigenvalue weighted by Crippen LogP contribution is 2.22. The van der Waals surface area contributed by atoms with Crippen molar-refractivity contribution in [3.63, 3.8) is 0 Å². The molecule has 6 heteroatoms. The van der Waals surface area contributed by atoms with Crippen LogP contribution in [0.3, 0.4) is 0 Å². The molecule has 1 heterocycles. The summed E-state index contributed by atoms with van der Waals surface area (Å²) in [6.45, 7) is 6.67. The second-order valence-corrected chi connectivity index (χ2v) is 8.41. The molecule has 2 aromatic rings. The Kier molecular flexibility index (Phi) is 6.55. The molecule has 0 unspecified atom stereocenters. The van der Waals surface area contributed by atoms with Gasteiger partial charge in [-0.1, -0.05) is 30.3 Å². The molecule has 2 amide bonds. The summed E-state index contributed by atoms with van der Waals surface area (Å²) < 4.78 is 5.28. The molecule has 0 N–H and O–H groups in total. The molecule has 0 atom stereocenters. The number of nitrogens with zero attached hydrogens (tertiary/aromatic N) is 2. The van der Waals surface area contributed by atoms with E-state index in [0.29, 0.717) is 25.1 Å². The predicted molar refractivity (Wildman–Crippen MR) is 115 cm³/mol. The van der Waals surface area contributed by atoms with Crippen molar-refractivity contribution in [3.05, 3.63) is 65.7 Å². The quantitative estimate of drug-likeness (QED) is 0.682. The minimum atomic E-state index is -0.559. The van der Waals surface area contributed by atoms with Gasteiger partial charge in [-0.3, -0.25) is 9.59 Å². The van der Waals surface area contributed by atoms with Crippen LogP contribution in [0.5, 0.6) is 0 Å². The molecule has 2 aromatic carbocycles. The number of carbonyl (C=O) groups excluding carboxylic acids is 3. The van der Waals surface area contributed by atoms with E-state index in [1.54, 1.807) is 34.1 Å². The first-order valence-corrected chi connectivity index (χ1v) is 10.2. The Labute approximate surface area is 177 Å². The molecule has 3 rings (SSSR count). The average Bonchev–Trinajstić information content (AvgIpc) is 3.16. The smallest absolute Gasteiger partial charge is 0.338 e. The number of esters is 1. The molecule has 0 saturated carbocycles. The molecule has 6 nitrogen and oxygen atoms in total. The fraction of sp³-hybridized carbons (Fsp3) is 0.375. The lowest BCUT2D eigenvalue weighted by Gasteiger charge is -2.35. The lowest BCUT2D eigenvalue weighted by molar-refractivity contribution is -0.140. The highest BCUT2D eigenvalue weighted by molar-refractivity contribution is 5.96. The normalized spacial score (nSPS) is 14.0. The van der Waals surface area contributed by atoms with Gasteiger partial charge in [-0.15, -0.1) is 0 Å². The largest absolute Gasteiger partial charge is 0.452 e. The summed E-state index contributed by atoms with van der Waals surface area (Å²) in [5.41, 5.74) is 1.72. The van der Waals surface area contributed by atoms with E-state index < -0.39 is 11.5 Å². The predicted octanol–water partition coefficient (Wildman–Crippen LogP) is 3.80. The Morgan fingerprint density at radius 3 is 2.27 bits per heavy atom. The number of hydrogen-bond acceptors (Lipinski definition) is 4. The van der Waals surface area contributed by atoms with Gasteiger partial charge < -0.3 is 14.5 Å². The molecule has 158 valence electrons. The molecule has 0 aromatic heterocycles. The Balaban J connectivity index is 1.60. The lowest BCUT2D eigenvalue weighted by Crippen LogP contribution is -2.46. The summed E-state index contributed by atoms with van der Waals surface area (Å²) in [4.78, 5) is 40.5. The van der Waals surface area contributed by atoms with Crippen molar-refractivity contribution < 1.29 is 19.1 Å². The van der Waals surface area contributed by atoms with E-state index in [4.69, 9.17) is 4.74 Å². The zero-order valence-corrected chi connectivity index (χ0v) is 17.8. The summed E-state index contributed by atoms with van der Waals surface area (Å²) in [6, 6.07) is 16.4. The molecule has 0 radical (unpaired) electrons. The third kappa shape index (κ3) is 5.26. The van der Waals surface area contributed by atoms with E-state index in [9.17, 15) is 14.4 Å². The van der Waals surface area contributed by atoms with Crippen molar-refractivity contribution in [2.75, 3.05) is 18.1 Å². The van der Waals surface area contributed by atoms with Crippen LogP contribution in [0.2, 0.25) is 0 Å². The Morgan fingerprint density at radius 2 is 1.70 bits per heavy atom. The first kappa shape index (κ1) is 21.6. The number of hydrogen-bond donors (Lipinski definition) is 0. The van der Waals surface area contributed by atoms with Crippen molar-refractivity contribution in [2.24, 2.45) is 0 Å².